The van der Waals surface area contributed by atoms with E-state index >= 15 is 0 Å². The van der Waals surface area contributed by atoms with E-state index in [1.54, 1.807) is 0 Å². The van der Waals surface area contributed by atoms with E-state index in [0.717, 1.165) is 13.1 Å². The van der Waals surface area contributed by atoms with Gasteiger partial charge in [0.1, 0.15) is 0 Å². The second-order valence-electron chi connectivity index (χ2n) is 4.94. The number of hydrogen-bond acceptors (Lipinski definition) is 3. The van der Waals surface area contributed by atoms with Gasteiger partial charge < -0.3 is 5.32 Å². The Bertz CT molecular complexity index is 351. The summed E-state index contributed by atoms with van der Waals surface area (Å²) in [5, 5.41) is 3.62. The highest BCUT2D eigenvalue weighted by molar-refractivity contribution is 8.00. The summed E-state index contributed by atoms with van der Waals surface area (Å²) in [7, 11) is 0. The number of thioether (sulfide) groups is 1. The van der Waals surface area contributed by atoms with Gasteiger partial charge in [0, 0.05) is 27.6 Å². The average Bonchev–Trinajstić information content (AvgIpc) is 2.75. The normalized spacial score (nSPS) is 25.2. The van der Waals surface area contributed by atoms with Crippen LogP contribution >= 0.6 is 23.1 Å². The fourth-order valence-corrected chi connectivity index (χ4v) is 4.52. The third-order valence-electron chi connectivity index (χ3n) is 3.26. The maximum atomic E-state index is 3.62. The molecule has 1 aromatic heterocycles. The Kier molecular flexibility index (Phi) is 3.98. The molecular formula is C13H21NS2. The minimum absolute atomic E-state index is 0.485. The lowest BCUT2D eigenvalue weighted by molar-refractivity contribution is 0.537. The molecule has 1 aliphatic rings. The van der Waals surface area contributed by atoms with Crippen molar-refractivity contribution in [1.82, 2.24) is 5.32 Å². The van der Waals surface area contributed by atoms with Gasteiger partial charge in [-0.25, -0.2) is 0 Å². The standard InChI is InChI=1S/C13H21NS2/c1-10-7-12(11(2)16-10)8-14-9-13(3)5-4-6-15-13/h7,14H,4-6,8-9H2,1-3H3. The van der Waals surface area contributed by atoms with Crippen LogP contribution in [-0.4, -0.2) is 17.0 Å². The van der Waals surface area contributed by atoms with E-state index in [4.69, 9.17) is 0 Å². The van der Waals surface area contributed by atoms with Gasteiger partial charge in [-0.15, -0.1) is 11.3 Å². The van der Waals surface area contributed by atoms with Gasteiger partial charge in [0.25, 0.3) is 0 Å². The molecule has 1 aromatic rings. The highest BCUT2D eigenvalue weighted by Crippen LogP contribution is 2.37. The quantitative estimate of drug-likeness (QED) is 0.879. The van der Waals surface area contributed by atoms with Crippen LogP contribution in [0.25, 0.3) is 0 Å². The van der Waals surface area contributed by atoms with Crippen molar-refractivity contribution in [3.8, 4) is 0 Å². The predicted octanol–water partition coefficient (Wildman–Crippen LogP) is 3.74. The molecule has 1 aliphatic heterocycles. The van der Waals surface area contributed by atoms with Crippen LogP contribution < -0.4 is 5.32 Å². The van der Waals surface area contributed by atoms with Crippen LogP contribution in [0.5, 0.6) is 0 Å². The smallest absolute Gasteiger partial charge is 0.0256 e. The van der Waals surface area contributed by atoms with Crippen molar-refractivity contribution in [2.75, 3.05) is 12.3 Å². The maximum Gasteiger partial charge on any atom is 0.0256 e. The van der Waals surface area contributed by atoms with Crippen molar-refractivity contribution in [2.45, 2.75) is 44.9 Å². The summed E-state index contributed by atoms with van der Waals surface area (Å²) in [4.78, 5) is 2.89. The van der Waals surface area contributed by atoms with Gasteiger partial charge in [-0.05, 0) is 51.0 Å². The first-order chi connectivity index (χ1) is 7.59. The molecule has 1 N–H and O–H groups in total. The lowest BCUT2D eigenvalue weighted by Gasteiger charge is -2.22. The molecule has 2 rings (SSSR count). The van der Waals surface area contributed by atoms with Gasteiger partial charge in [0.2, 0.25) is 0 Å². The molecule has 1 atom stereocenters. The Morgan fingerprint density at radius 2 is 2.25 bits per heavy atom. The number of thiophene rings is 1. The number of aryl methyl sites for hydroxylation is 2. The summed E-state index contributed by atoms with van der Waals surface area (Å²) in [6, 6.07) is 2.32. The van der Waals surface area contributed by atoms with E-state index in [1.165, 1.54) is 33.9 Å². The molecule has 1 nitrogen and oxygen atoms in total. The van der Waals surface area contributed by atoms with Gasteiger partial charge in [-0.2, -0.15) is 11.8 Å². The molecule has 0 aliphatic carbocycles. The summed E-state index contributed by atoms with van der Waals surface area (Å²) in [5.41, 5.74) is 1.48. The Morgan fingerprint density at radius 3 is 2.81 bits per heavy atom. The van der Waals surface area contributed by atoms with Crippen molar-refractivity contribution in [1.29, 1.82) is 0 Å². The Labute approximate surface area is 107 Å². The van der Waals surface area contributed by atoms with E-state index in [0.29, 0.717) is 4.75 Å². The SMILES string of the molecule is Cc1cc(CNCC2(C)CCCS2)c(C)s1. The third-order valence-corrected chi connectivity index (χ3v) is 5.81. The van der Waals surface area contributed by atoms with E-state index < -0.39 is 0 Å². The molecule has 0 saturated carbocycles. The number of rotatable bonds is 4. The van der Waals surface area contributed by atoms with Gasteiger partial charge >= 0.3 is 0 Å². The van der Waals surface area contributed by atoms with Crippen LogP contribution in [0, 0.1) is 13.8 Å². The van der Waals surface area contributed by atoms with Gasteiger partial charge in [0.15, 0.2) is 0 Å². The molecule has 3 heteroatoms. The molecule has 1 saturated heterocycles. The second kappa shape index (κ2) is 5.11. The Hall–Kier alpha value is 0.01000. The minimum Gasteiger partial charge on any atom is -0.311 e. The van der Waals surface area contributed by atoms with Crippen molar-refractivity contribution < 1.29 is 0 Å². The summed E-state index contributed by atoms with van der Waals surface area (Å²) >= 11 is 4.04. The van der Waals surface area contributed by atoms with Gasteiger partial charge in [-0.3, -0.25) is 0 Å². The predicted molar refractivity (Wildman–Crippen MR) is 75.6 cm³/mol. The zero-order valence-corrected chi connectivity index (χ0v) is 12.1. The zero-order chi connectivity index (χ0) is 11.6. The Morgan fingerprint density at radius 1 is 1.44 bits per heavy atom. The minimum atomic E-state index is 0.485. The van der Waals surface area contributed by atoms with Crippen LogP contribution in [0.2, 0.25) is 0 Å². The summed E-state index contributed by atoms with van der Waals surface area (Å²) in [5.74, 6) is 1.34. The van der Waals surface area contributed by atoms with Crippen LogP contribution in [0.1, 0.15) is 35.1 Å². The third kappa shape index (κ3) is 3.02. The molecule has 0 aromatic carbocycles. The van der Waals surface area contributed by atoms with Gasteiger partial charge in [-0.1, -0.05) is 0 Å². The second-order valence-corrected chi connectivity index (χ2v) is 8.09. The molecule has 16 heavy (non-hydrogen) atoms. The van der Waals surface area contributed by atoms with Crippen LogP contribution in [0.3, 0.4) is 0 Å². The molecule has 0 spiro atoms. The first kappa shape index (κ1) is 12.5. The van der Waals surface area contributed by atoms with Crippen molar-refractivity contribution in [3.05, 3.63) is 21.4 Å². The first-order valence-electron chi connectivity index (χ1n) is 6.00. The molecule has 2 heterocycles. The van der Waals surface area contributed by atoms with E-state index in [2.05, 4.69) is 43.9 Å². The molecule has 90 valence electrons. The summed E-state index contributed by atoms with van der Waals surface area (Å²) in [6.07, 6.45) is 2.76. The molecule has 0 radical (unpaired) electrons. The highest BCUT2D eigenvalue weighted by Gasteiger charge is 2.28. The maximum absolute atomic E-state index is 3.62. The van der Waals surface area contributed by atoms with E-state index in [1.807, 2.05) is 11.3 Å². The molecular weight excluding hydrogens is 234 g/mol. The molecule has 1 fully saturated rings. The van der Waals surface area contributed by atoms with Crippen LogP contribution in [-0.2, 0) is 6.54 Å². The zero-order valence-electron chi connectivity index (χ0n) is 10.4. The molecule has 0 amide bonds. The molecule has 0 bridgehead atoms. The molecule has 1 unspecified atom stereocenters. The van der Waals surface area contributed by atoms with E-state index in [-0.39, 0.29) is 0 Å². The average molecular weight is 255 g/mol. The monoisotopic (exact) mass is 255 g/mol. The fourth-order valence-electron chi connectivity index (χ4n) is 2.30. The fraction of sp³-hybridized carbons (Fsp3) is 0.692. The van der Waals surface area contributed by atoms with Crippen molar-refractivity contribution in [3.63, 3.8) is 0 Å². The number of hydrogen-bond donors (Lipinski definition) is 1. The first-order valence-corrected chi connectivity index (χ1v) is 7.80. The lowest BCUT2D eigenvalue weighted by Crippen LogP contribution is -2.32. The summed E-state index contributed by atoms with van der Waals surface area (Å²) in [6.45, 7) is 8.98. The van der Waals surface area contributed by atoms with Crippen molar-refractivity contribution >= 4 is 23.1 Å². The lowest BCUT2D eigenvalue weighted by atomic mass is 10.1. The summed E-state index contributed by atoms with van der Waals surface area (Å²) < 4.78 is 0.485. The van der Waals surface area contributed by atoms with E-state index in [9.17, 15) is 0 Å². The van der Waals surface area contributed by atoms with Crippen molar-refractivity contribution in [2.24, 2.45) is 0 Å². The van der Waals surface area contributed by atoms with Crippen LogP contribution in [0.4, 0.5) is 0 Å². The Balaban J connectivity index is 1.81. The van der Waals surface area contributed by atoms with Crippen LogP contribution in [0.15, 0.2) is 6.07 Å². The highest BCUT2D eigenvalue weighted by atomic mass is 32.2. The largest absolute Gasteiger partial charge is 0.311 e. The topological polar surface area (TPSA) is 12.0 Å². The van der Waals surface area contributed by atoms with Gasteiger partial charge in [0.05, 0.1) is 0 Å². The number of nitrogens with one attached hydrogen (secondary N) is 1.